The molecule has 6 nitrogen and oxygen atoms in total. The summed E-state index contributed by atoms with van der Waals surface area (Å²) in [4.78, 5) is 27.5. The number of primary amides is 1. The van der Waals surface area contributed by atoms with E-state index in [9.17, 15) is 9.59 Å². The summed E-state index contributed by atoms with van der Waals surface area (Å²) in [7, 11) is 3.95. The minimum absolute atomic E-state index is 0.0156. The van der Waals surface area contributed by atoms with E-state index in [0.717, 1.165) is 31.5 Å². The van der Waals surface area contributed by atoms with Crippen LogP contribution in [-0.4, -0.2) is 61.9 Å². The summed E-state index contributed by atoms with van der Waals surface area (Å²) in [5.74, 6) is -0.271. The zero-order chi connectivity index (χ0) is 18.4. The van der Waals surface area contributed by atoms with Crippen molar-refractivity contribution in [3.63, 3.8) is 0 Å². The highest BCUT2D eigenvalue weighted by Gasteiger charge is 2.26. The summed E-state index contributed by atoms with van der Waals surface area (Å²) in [6.45, 7) is 2.23. The number of nitrogens with two attached hydrogens (primary N) is 1. The lowest BCUT2D eigenvalue weighted by atomic mass is 9.95. The van der Waals surface area contributed by atoms with Crippen LogP contribution in [0.5, 0.6) is 0 Å². The van der Waals surface area contributed by atoms with E-state index >= 15 is 0 Å². The van der Waals surface area contributed by atoms with Gasteiger partial charge >= 0.3 is 0 Å². The number of carbonyl (C=O) groups excluding carboxylic acids is 2. The third-order valence-electron chi connectivity index (χ3n) is 4.70. The molecule has 0 aliphatic carbocycles. The highest BCUT2D eigenvalue weighted by Crippen LogP contribution is 2.25. The second kappa shape index (κ2) is 9.17. The monoisotopic (exact) mass is 366 g/mol. The van der Waals surface area contributed by atoms with Crippen LogP contribution in [0.4, 0.5) is 0 Å². The van der Waals surface area contributed by atoms with Crippen molar-refractivity contribution in [2.45, 2.75) is 18.9 Å². The van der Waals surface area contributed by atoms with Crippen LogP contribution in [0.2, 0.25) is 5.02 Å². The lowest BCUT2D eigenvalue weighted by molar-refractivity contribution is -0.126. The second-order valence-corrected chi connectivity index (χ2v) is 7.17. The molecule has 138 valence electrons. The molecule has 0 saturated carbocycles. The van der Waals surface area contributed by atoms with Gasteiger partial charge in [0.25, 0.3) is 0 Å². The van der Waals surface area contributed by atoms with E-state index in [4.69, 9.17) is 17.3 Å². The van der Waals surface area contributed by atoms with E-state index in [2.05, 4.69) is 10.2 Å². The zero-order valence-electron chi connectivity index (χ0n) is 14.9. The van der Waals surface area contributed by atoms with Crippen molar-refractivity contribution in [3.8, 4) is 0 Å². The summed E-state index contributed by atoms with van der Waals surface area (Å²) in [6, 6.07) is 7.73. The number of likely N-dealkylation sites (N-methyl/N-ethyl adjacent to an activating group) is 1. The molecule has 0 bridgehead atoms. The van der Waals surface area contributed by atoms with Gasteiger partial charge in [-0.2, -0.15) is 0 Å². The predicted octanol–water partition coefficient (Wildman–Crippen LogP) is 1.26. The van der Waals surface area contributed by atoms with E-state index in [0.29, 0.717) is 11.6 Å². The predicted molar refractivity (Wildman–Crippen MR) is 99.2 cm³/mol. The Morgan fingerprint density at radius 2 is 1.96 bits per heavy atom. The normalized spacial score (nSPS) is 17.4. The maximum atomic E-state index is 12.5. The number of hydrogen-bond donors (Lipinski definition) is 2. The number of amides is 2. The molecule has 7 heteroatoms. The molecule has 0 aromatic heterocycles. The van der Waals surface area contributed by atoms with Gasteiger partial charge in [0.15, 0.2) is 0 Å². The average molecular weight is 367 g/mol. The van der Waals surface area contributed by atoms with Gasteiger partial charge in [0.05, 0.1) is 12.6 Å². The van der Waals surface area contributed by atoms with Crippen molar-refractivity contribution in [3.05, 3.63) is 34.9 Å². The van der Waals surface area contributed by atoms with Crippen molar-refractivity contribution in [2.75, 3.05) is 40.3 Å². The number of rotatable bonds is 7. The molecule has 0 radical (unpaired) electrons. The Bertz CT molecular complexity index is 600. The Kier molecular flexibility index (Phi) is 7.23. The van der Waals surface area contributed by atoms with Gasteiger partial charge in [-0.15, -0.1) is 0 Å². The Balaban J connectivity index is 1.88. The standard InChI is InChI=1S/C18H27ClN4O2/c1-22(2)16(14-5-3-4-6-15(14)19)11-21-18(25)13-7-9-23(10-8-13)12-17(20)24/h3-6,13,16H,7-12H2,1-2H3,(H2,20,24)(H,21,25)/t16-/m0/s1. The lowest BCUT2D eigenvalue weighted by Crippen LogP contribution is -2.44. The highest BCUT2D eigenvalue weighted by atomic mass is 35.5. The fourth-order valence-electron chi connectivity index (χ4n) is 3.23. The first kappa shape index (κ1) is 19.7. The van der Waals surface area contributed by atoms with E-state index in [-0.39, 0.29) is 30.3 Å². The third kappa shape index (κ3) is 5.70. The first-order valence-electron chi connectivity index (χ1n) is 8.57. The maximum absolute atomic E-state index is 12.5. The molecule has 1 aromatic carbocycles. The van der Waals surface area contributed by atoms with E-state index in [1.165, 1.54) is 0 Å². The molecule has 2 amide bonds. The number of nitrogens with zero attached hydrogens (tertiary/aromatic N) is 2. The fraction of sp³-hybridized carbons (Fsp3) is 0.556. The van der Waals surface area contributed by atoms with E-state index < -0.39 is 0 Å². The number of carbonyl (C=O) groups is 2. The van der Waals surface area contributed by atoms with Crippen molar-refractivity contribution in [1.29, 1.82) is 0 Å². The van der Waals surface area contributed by atoms with Crippen molar-refractivity contribution in [2.24, 2.45) is 11.7 Å². The summed E-state index contributed by atoms with van der Waals surface area (Å²) < 4.78 is 0. The van der Waals surface area contributed by atoms with Crippen LogP contribution in [0.15, 0.2) is 24.3 Å². The van der Waals surface area contributed by atoms with Gasteiger partial charge in [0, 0.05) is 17.5 Å². The minimum Gasteiger partial charge on any atom is -0.369 e. The molecule has 1 aromatic rings. The molecular weight excluding hydrogens is 340 g/mol. The van der Waals surface area contributed by atoms with Crippen molar-refractivity contribution < 1.29 is 9.59 Å². The number of nitrogens with one attached hydrogen (secondary N) is 1. The van der Waals surface area contributed by atoms with Crippen LogP contribution in [0.3, 0.4) is 0 Å². The molecule has 1 atom stereocenters. The molecule has 2 rings (SSSR count). The number of likely N-dealkylation sites (tertiary alicyclic amines) is 1. The van der Waals surface area contributed by atoms with Crippen LogP contribution in [0.25, 0.3) is 0 Å². The zero-order valence-corrected chi connectivity index (χ0v) is 15.6. The summed E-state index contributed by atoms with van der Waals surface area (Å²) in [5.41, 5.74) is 6.22. The van der Waals surface area contributed by atoms with Crippen molar-refractivity contribution >= 4 is 23.4 Å². The summed E-state index contributed by atoms with van der Waals surface area (Å²) >= 11 is 6.30. The molecule has 1 aliphatic heterocycles. The topological polar surface area (TPSA) is 78.7 Å². The smallest absolute Gasteiger partial charge is 0.231 e. The van der Waals surface area contributed by atoms with Crippen LogP contribution in [0, 0.1) is 5.92 Å². The van der Waals surface area contributed by atoms with Gasteiger partial charge in [-0.1, -0.05) is 29.8 Å². The van der Waals surface area contributed by atoms with E-state index in [1.807, 2.05) is 43.3 Å². The molecule has 3 N–H and O–H groups in total. The maximum Gasteiger partial charge on any atom is 0.231 e. The summed E-state index contributed by atoms with van der Waals surface area (Å²) in [6.07, 6.45) is 1.50. The number of hydrogen-bond acceptors (Lipinski definition) is 4. The van der Waals surface area contributed by atoms with Crippen LogP contribution in [0.1, 0.15) is 24.4 Å². The Labute approximate surface area is 154 Å². The highest BCUT2D eigenvalue weighted by molar-refractivity contribution is 6.31. The molecule has 25 heavy (non-hydrogen) atoms. The SMILES string of the molecule is CN(C)[C@@H](CNC(=O)C1CCN(CC(N)=O)CC1)c1ccccc1Cl. The number of piperidine rings is 1. The Morgan fingerprint density at radius 3 is 2.52 bits per heavy atom. The van der Waals surface area contributed by atoms with Crippen LogP contribution in [-0.2, 0) is 9.59 Å². The lowest BCUT2D eigenvalue weighted by Gasteiger charge is -2.31. The molecule has 1 fully saturated rings. The first-order chi connectivity index (χ1) is 11.9. The number of halogens is 1. The largest absolute Gasteiger partial charge is 0.369 e. The quantitative estimate of drug-likeness (QED) is 0.761. The molecule has 1 heterocycles. The number of benzene rings is 1. The first-order valence-corrected chi connectivity index (χ1v) is 8.95. The van der Waals surface area contributed by atoms with Crippen LogP contribution >= 0.6 is 11.6 Å². The summed E-state index contributed by atoms with van der Waals surface area (Å²) in [5, 5.41) is 3.77. The van der Waals surface area contributed by atoms with Gasteiger partial charge in [-0.25, -0.2) is 0 Å². The Morgan fingerprint density at radius 1 is 1.32 bits per heavy atom. The van der Waals surface area contributed by atoms with Gasteiger partial charge in [-0.3, -0.25) is 14.5 Å². The third-order valence-corrected chi connectivity index (χ3v) is 5.04. The molecular formula is C18H27ClN4O2. The fourth-order valence-corrected chi connectivity index (χ4v) is 3.49. The Hall–Kier alpha value is -1.63. The van der Waals surface area contributed by atoms with Gasteiger partial charge in [0.2, 0.25) is 11.8 Å². The molecule has 0 spiro atoms. The van der Waals surface area contributed by atoms with E-state index in [1.54, 1.807) is 0 Å². The molecule has 1 saturated heterocycles. The molecule has 0 unspecified atom stereocenters. The molecule has 1 aliphatic rings. The van der Waals surface area contributed by atoms with Gasteiger partial charge < -0.3 is 16.0 Å². The van der Waals surface area contributed by atoms with Gasteiger partial charge in [0.1, 0.15) is 0 Å². The van der Waals surface area contributed by atoms with Crippen molar-refractivity contribution in [1.82, 2.24) is 15.1 Å². The minimum atomic E-state index is -0.323. The average Bonchev–Trinajstić information content (AvgIpc) is 2.56. The van der Waals surface area contributed by atoms with Gasteiger partial charge in [-0.05, 0) is 51.7 Å². The second-order valence-electron chi connectivity index (χ2n) is 6.76. The van der Waals surface area contributed by atoms with Crippen LogP contribution < -0.4 is 11.1 Å².